The number of aromatic amines is 1. The molecule has 4 heteroatoms. The molecule has 0 bridgehead atoms. The summed E-state index contributed by atoms with van der Waals surface area (Å²) >= 11 is 0. The minimum atomic E-state index is 0.618. The summed E-state index contributed by atoms with van der Waals surface area (Å²) in [6, 6.07) is 4.02. The summed E-state index contributed by atoms with van der Waals surface area (Å²) < 4.78 is 0. The van der Waals surface area contributed by atoms with E-state index < -0.39 is 0 Å². The molecule has 2 rings (SSSR count). The highest BCUT2D eigenvalue weighted by molar-refractivity contribution is 5.80. The van der Waals surface area contributed by atoms with Gasteiger partial charge < -0.3 is 16.0 Å². The number of aromatic nitrogens is 2. The summed E-state index contributed by atoms with van der Waals surface area (Å²) in [7, 11) is 0. The maximum Gasteiger partial charge on any atom is 0.126 e. The zero-order chi connectivity index (χ0) is 9.10. The van der Waals surface area contributed by atoms with Crippen LogP contribution < -0.4 is 11.1 Å². The van der Waals surface area contributed by atoms with Crippen molar-refractivity contribution in [2.24, 2.45) is 5.73 Å². The minimum Gasteiger partial charge on any atom is -0.369 e. The molecule has 0 radical (unpaired) electrons. The van der Waals surface area contributed by atoms with Gasteiger partial charge in [0.15, 0.2) is 0 Å². The standard InChI is InChI=1S/C9H12N4/c10-2-4-12-9-5-7-1-3-11-8(7)6-13-9/h1,3,5-6,11H,2,4,10H2,(H,12,13). The molecule has 0 atom stereocenters. The summed E-state index contributed by atoms with van der Waals surface area (Å²) in [5.41, 5.74) is 6.43. The van der Waals surface area contributed by atoms with Crippen LogP contribution in [-0.2, 0) is 0 Å². The Labute approximate surface area is 76.2 Å². The maximum absolute atomic E-state index is 5.37. The third-order valence-corrected chi connectivity index (χ3v) is 1.89. The van der Waals surface area contributed by atoms with Crippen LogP contribution in [0.3, 0.4) is 0 Å². The van der Waals surface area contributed by atoms with Crippen molar-refractivity contribution in [3.05, 3.63) is 24.5 Å². The minimum absolute atomic E-state index is 0.618. The number of hydrogen-bond acceptors (Lipinski definition) is 3. The van der Waals surface area contributed by atoms with Crippen LogP contribution in [0.25, 0.3) is 10.9 Å². The van der Waals surface area contributed by atoms with Crippen molar-refractivity contribution in [3.63, 3.8) is 0 Å². The third kappa shape index (κ3) is 1.62. The van der Waals surface area contributed by atoms with Gasteiger partial charge in [0.2, 0.25) is 0 Å². The topological polar surface area (TPSA) is 66.7 Å². The molecule has 0 spiro atoms. The lowest BCUT2D eigenvalue weighted by Gasteiger charge is -2.02. The van der Waals surface area contributed by atoms with Gasteiger partial charge in [-0.2, -0.15) is 0 Å². The highest BCUT2D eigenvalue weighted by atomic mass is 15.0. The van der Waals surface area contributed by atoms with Gasteiger partial charge in [-0.1, -0.05) is 0 Å². The second-order valence-corrected chi connectivity index (χ2v) is 2.85. The summed E-state index contributed by atoms with van der Waals surface area (Å²) in [6.45, 7) is 1.37. The Balaban J connectivity index is 2.26. The van der Waals surface area contributed by atoms with Gasteiger partial charge in [-0.25, -0.2) is 4.98 Å². The zero-order valence-corrected chi connectivity index (χ0v) is 7.25. The molecule has 0 unspecified atom stereocenters. The Hall–Kier alpha value is -1.55. The Kier molecular flexibility index (Phi) is 2.14. The van der Waals surface area contributed by atoms with Gasteiger partial charge in [-0.05, 0) is 12.1 Å². The second kappa shape index (κ2) is 3.45. The first kappa shape index (κ1) is 8.07. The fraction of sp³-hybridized carbons (Fsp3) is 0.222. The van der Waals surface area contributed by atoms with Crippen molar-refractivity contribution < 1.29 is 0 Å². The third-order valence-electron chi connectivity index (χ3n) is 1.89. The molecule has 0 amide bonds. The summed E-state index contributed by atoms with van der Waals surface area (Å²) in [5.74, 6) is 0.873. The molecule has 0 aliphatic carbocycles. The Morgan fingerprint density at radius 1 is 1.54 bits per heavy atom. The average molecular weight is 176 g/mol. The average Bonchev–Trinajstić information content (AvgIpc) is 2.61. The maximum atomic E-state index is 5.37. The van der Waals surface area contributed by atoms with Crippen LogP contribution in [0.5, 0.6) is 0 Å². The molecule has 0 saturated carbocycles. The van der Waals surface area contributed by atoms with Gasteiger partial charge in [0, 0.05) is 24.7 Å². The van der Waals surface area contributed by atoms with Crippen LogP contribution in [0.4, 0.5) is 5.82 Å². The fourth-order valence-corrected chi connectivity index (χ4v) is 1.25. The molecule has 2 aromatic rings. The van der Waals surface area contributed by atoms with E-state index in [-0.39, 0.29) is 0 Å². The number of hydrogen-bond donors (Lipinski definition) is 3. The Morgan fingerprint density at radius 3 is 3.31 bits per heavy atom. The lowest BCUT2D eigenvalue weighted by molar-refractivity contribution is 1.01. The predicted octanol–water partition coefficient (Wildman–Crippen LogP) is 0.933. The van der Waals surface area contributed by atoms with Crippen molar-refractivity contribution in [1.82, 2.24) is 9.97 Å². The van der Waals surface area contributed by atoms with Crippen LogP contribution in [0.1, 0.15) is 0 Å². The smallest absolute Gasteiger partial charge is 0.126 e. The van der Waals surface area contributed by atoms with Crippen LogP contribution >= 0.6 is 0 Å². The number of anilines is 1. The first-order valence-electron chi connectivity index (χ1n) is 4.27. The Morgan fingerprint density at radius 2 is 2.46 bits per heavy atom. The first-order chi connectivity index (χ1) is 6.40. The molecule has 4 N–H and O–H groups in total. The number of nitrogens with zero attached hydrogens (tertiary/aromatic N) is 1. The second-order valence-electron chi connectivity index (χ2n) is 2.85. The first-order valence-corrected chi connectivity index (χ1v) is 4.27. The lowest BCUT2D eigenvalue weighted by Crippen LogP contribution is -2.13. The number of rotatable bonds is 3. The Bertz CT molecular complexity index is 393. The normalized spacial score (nSPS) is 10.5. The summed E-state index contributed by atoms with van der Waals surface area (Å²) in [5, 5.41) is 4.29. The van der Waals surface area contributed by atoms with E-state index in [4.69, 9.17) is 5.73 Å². The van der Waals surface area contributed by atoms with E-state index in [9.17, 15) is 0 Å². The van der Waals surface area contributed by atoms with E-state index in [1.165, 1.54) is 0 Å². The molecule has 0 saturated heterocycles. The van der Waals surface area contributed by atoms with Gasteiger partial charge in [0.1, 0.15) is 5.82 Å². The summed E-state index contributed by atoms with van der Waals surface area (Å²) in [6.07, 6.45) is 3.72. The van der Waals surface area contributed by atoms with Gasteiger partial charge in [-0.3, -0.25) is 0 Å². The van der Waals surface area contributed by atoms with Gasteiger partial charge in [0.25, 0.3) is 0 Å². The molecule has 0 aliphatic heterocycles. The van der Waals surface area contributed by atoms with Crippen LogP contribution in [0.15, 0.2) is 24.5 Å². The predicted molar refractivity (Wildman–Crippen MR) is 53.6 cm³/mol. The quantitative estimate of drug-likeness (QED) is 0.651. The van der Waals surface area contributed by atoms with Crippen molar-refractivity contribution in [2.45, 2.75) is 0 Å². The highest BCUT2D eigenvalue weighted by Crippen LogP contribution is 2.14. The van der Waals surface area contributed by atoms with E-state index in [2.05, 4.69) is 15.3 Å². The molecule has 4 nitrogen and oxygen atoms in total. The van der Waals surface area contributed by atoms with Gasteiger partial charge in [0.05, 0.1) is 11.7 Å². The molecule has 0 fully saturated rings. The summed E-state index contributed by atoms with van der Waals surface area (Å²) in [4.78, 5) is 7.31. The van der Waals surface area contributed by atoms with E-state index in [1.54, 1.807) is 0 Å². The fourth-order valence-electron chi connectivity index (χ4n) is 1.25. The van der Waals surface area contributed by atoms with Crippen molar-refractivity contribution in [2.75, 3.05) is 18.4 Å². The van der Waals surface area contributed by atoms with E-state index in [1.807, 2.05) is 24.5 Å². The van der Waals surface area contributed by atoms with Crippen LogP contribution in [0, 0.1) is 0 Å². The van der Waals surface area contributed by atoms with Crippen molar-refractivity contribution in [3.8, 4) is 0 Å². The molecule has 0 aromatic carbocycles. The molecule has 2 heterocycles. The van der Waals surface area contributed by atoms with E-state index in [0.717, 1.165) is 23.3 Å². The van der Waals surface area contributed by atoms with Gasteiger partial charge >= 0.3 is 0 Å². The SMILES string of the molecule is NCCNc1cc2cc[nH]c2cn1. The molecule has 13 heavy (non-hydrogen) atoms. The number of fused-ring (bicyclic) bond motifs is 1. The largest absolute Gasteiger partial charge is 0.369 e. The number of nitrogens with one attached hydrogen (secondary N) is 2. The molecule has 0 aliphatic rings. The van der Waals surface area contributed by atoms with Crippen LogP contribution in [0.2, 0.25) is 0 Å². The van der Waals surface area contributed by atoms with E-state index in [0.29, 0.717) is 6.54 Å². The number of pyridine rings is 1. The van der Waals surface area contributed by atoms with E-state index >= 15 is 0 Å². The lowest BCUT2D eigenvalue weighted by atomic mass is 10.3. The van der Waals surface area contributed by atoms with Crippen molar-refractivity contribution in [1.29, 1.82) is 0 Å². The molecule has 68 valence electrons. The zero-order valence-electron chi connectivity index (χ0n) is 7.25. The molecular weight excluding hydrogens is 164 g/mol. The van der Waals surface area contributed by atoms with Gasteiger partial charge in [-0.15, -0.1) is 0 Å². The monoisotopic (exact) mass is 176 g/mol. The molecular formula is C9H12N4. The number of H-pyrrole nitrogens is 1. The highest BCUT2D eigenvalue weighted by Gasteiger charge is 1.96. The van der Waals surface area contributed by atoms with Crippen molar-refractivity contribution >= 4 is 16.7 Å². The van der Waals surface area contributed by atoms with Crippen LogP contribution in [-0.4, -0.2) is 23.1 Å². The molecule has 2 aromatic heterocycles. The number of nitrogens with two attached hydrogens (primary N) is 1.